The minimum absolute atomic E-state index is 0.206. The zero-order chi connectivity index (χ0) is 9.68. The molecule has 0 saturated carbocycles. The molecule has 1 heterocycles. The second-order valence-electron chi connectivity index (χ2n) is 3.13. The van der Waals surface area contributed by atoms with Gasteiger partial charge >= 0.3 is 0 Å². The van der Waals surface area contributed by atoms with Gasteiger partial charge in [0, 0.05) is 12.2 Å². The maximum atomic E-state index is 5.59. The molecule has 0 saturated heterocycles. The van der Waals surface area contributed by atoms with Crippen LogP contribution in [0.25, 0.3) is 6.08 Å². The first-order chi connectivity index (χ1) is 6.18. The van der Waals surface area contributed by atoms with Crippen molar-refractivity contribution < 1.29 is 0 Å². The molecule has 1 aromatic rings. The van der Waals surface area contributed by atoms with E-state index >= 15 is 0 Å². The monoisotopic (exact) mass is 177 g/mol. The van der Waals surface area contributed by atoms with Crippen molar-refractivity contribution in [3.63, 3.8) is 0 Å². The molecule has 1 aromatic heterocycles. The van der Waals surface area contributed by atoms with Crippen molar-refractivity contribution in [1.82, 2.24) is 4.98 Å². The molecule has 0 fully saturated rings. The van der Waals surface area contributed by atoms with E-state index in [1.165, 1.54) is 0 Å². The summed E-state index contributed by atoms with van der Waals surface area (Å²) in [4.78, 5) is 3.97. The Labute approximate surface area is 78.5 Å². The van der Waals surface area contributed by atoms with Crippen LogP contribution >= 0.6 is 0 Å². The fourth-order valence-electron chi connectivity index (χ4n) is 0.934. The summed E-state index contributed by atoms with van der Waals surface area (Å²) in [5.74, 6) is 0.546. The SMILES string of the molecule is C[C@H](N)C/C=C/c1ccc(N)nc1. The van der Waals surface area contributed by atoms with E-state index in [9.17, 15) is 0 Å². The molecule has 70 valence electrons. The van der Waals surface area contributed by atoms with Gasteiger partial charge in [-0.15, -0.1) is 0 Å². The van der Waals surface area contributed by atoms with Crippen molar-refractivity contribution in [1.29, 1.82) is 0 Å². The number of rotatable bonds is 3. The Kier molecular flexibility index (Phi) is 3.46. The molecule has 0 spiro atoms. The summed E-state index contributed by atoms with van der Waals surface area (Å²) >= 11 is 0. The van der Waals surface area contributed by atoms with Gasteiger partial charge in [0.15, 0.2) is 0 Å². The Morgan fingerprint density at radius 3 is 2.85 bits per heavy atom. The fraction of sp³-hybridized carbons (Fsp3) is 0.300. The van der Waals surface area contributed by atoms with Gasteiger partial charge in [-0.1, -0.05) is 12.2 Å². The highest BCUT2D eigenvalue weighted by atomic mass is 14.8. The van der Waals surface area contributed by atoms with Crippen molar-refractivity contribution in [2.75, 3.05) is 5.73 Å². The van der Waals surface area contributed by atoms with Gasteiger partial charge in [0.2, 0.25) is 0 Å². The van der Waals surface area contributed by atoms with E-state index in [1.807, 2.05) is 25.1 Å². The van der Waals surface area contributed by atoms with Crippen LogP contribution in [0.15, 0.2) is 24.4 Å². The zero-order valence-corrected chi connectivity index (χ0v) is 7.77. The summed E-state index contributed by atoms with van der Waals surface area (Å²) < 4.78 is 0. The third-order valence-electron chi connectivity index (χ3n) is 1.63. The predicted octanol–water partition coefficient (Wildman–Crippen LogP) is 1.41. The van der Waals surface area contributed by atoms with Gasteiger partial charge in [0.05, 0.1) is 0 Å². The van der Waals surface area contributed by atoms with Gasteiger partial charge in [-0.05, 0) is 31.0 Å². The molecule has 0 aliphatic rings. The van der Waals surface area contributed by atoms with E-state index in [4.69, 9.17) is 11.5 Å². The second-order valence-corrected chi connectivity index (χ2v) is 3.13. The van der Waals surface area contributed by atoms with Crippen LogP contribution in [0.5, 0.6) is 0 Å². The van der Waals surface area contributed by atoms with Crippen molar-refractivity contribution in [3.05, 3.63) is 30.0 Å². The molecule has 0 aromatic carbocycles. The molecule has 0 amide bonds. The number of nitrogens with two attached hydrogens (primary N) is 2. The number of nitrogen functional groups attached to an aromatic ring is 1. The smallest absolute Gasteiger partial charge is 0.123 e. The van der Waals surface area contributed by atoms with E-state index in [2.05, 4.69) is 4.98 Å². The van der Waals surface area contributed by atoms with Crippen LogP contribution in [0.2, 0.25) is 0 Å². The van der Waals surface area contributed by atoms with Gasteiger partial charge in [-0.3, -0.25) is 0 Å². The topological polar surface area (TPSA) is 64.9 Å². The van der Waals surface area contributed by atoms with Crippen LogP contribution in [-0.2, 0) is 0 Å². The summed E-state index contributed by atoms with van der Waals surface area (Å²) in [5, 5.41) is 0. The first kappa shape index (κ1) is 9.74. The Bertz CT molecular complexity index is 275. The molecule has 3 heteroatoms. The zero-order valence-electron chi connectivity index (χ0n) is 7.77. The van der Waals surface area contributed by atoms with E-state index in [-0.39, 0.29) is 6.04 Å². The molecule has 1 rings (SSSR count). The van der Waals surface area contributed by atoms with Crippen LogP contribution in [0.4, 0.5) is 5.82 Å². The maximum Gasteiger partial charge on any atom is 0.123 e. The van der Waals surface area contributed by atoms with Crippen LogP contribution in [0.1, 0.15) is 18.9 Å². The minimum Gasteiger partial charge on any atom is -0.384 e. The van der Waals surface area contributed by atoms with E-state index in [0.29, 0.717) is 5.82 Å². The average Bonchev–Trinajstić information content (AvgIpc) is 2.08. The van der Waals surface area contributed by atoms with E-state index < -0.39 is 0 Å². The van der Waals surface area contributed by atoms with Crippen LogP contribution in [-0.4, -0.2) is 11.0 Å². The number of hydrogen-bond acceptors (Lipinski definition) is 3. The highest BCUT2D eigenvalue weighted by molar-refractivity contribution is 5.49. The summed E-state index contributed by atoms with van der Waals surface area (Å²) in [5.41, 5.74) is 12.1. The molecule has 13 heavy (non-hydrogen) atoms. The Balaban J connectivity index is 2.54. The summed E-state index contributed by atoms with van der Waals surface area (Å²) in [6.07, 6.45) is 6.66. The number of anilines is 1. The van der Waals surface area contributed by atoms with Crippen LogP contribution < -0.4 is 11.5 Å². The van der Waals surface area contributed by atoms with Crippen molar-refractivity contribution in [2.45, 2.75) is 19.4 Å². The minimum atomic E-state index is 0.206. The van der Waals surface area contributed by atoms with Crippen molar-refractivity contribution in [2.24, 2.45) is 5.73 Å². The number of hydrogen-bond donors (Lipinski definition) is 2. The lowest BCUT2D eigenvalue weighted by Gasteiger charge is -1.97. The molecule has 0 aliphatic carbocycles. The molecule has 1 atom stereocenters. The highest BCUT2D eigenvalue weighted by Gasteiger charge is 1.89. The van der Waals surface area contributed by atoms with Crippen LogP contribution in [0.3, 0.4) is 0 Å². The molecule has 0 aliphatic heterocycles. The largest absolute Gasteiger partial charge is 0.384 e. The van der Waals surface area contributed by atoms with Gasteiger partial charge < -0.3 is 11.5 Å². The van der Waals surface area contributed by atoms with Gasteiger partial charge in [0.1, 0.15) is 5.82 Å². The number of nitrogens with zero attached hydrogens (tertiary/aromatic N) is 1. The average molecular weight is 177 g/mol. The lowest BCUT2D eigenvalue weighted by atomic mass is 10.2. The fourth-order valence-corrected chi connectivity index (χ4v) is 0.934. The lowest BCUT2D eigenvalue weighted by Crippen LogP contribution is -2.12. The van der Waals surface area contributed by atoms with Crippen LogP contribution in [0, 0.1) is 0 Å². The quantitative estimate of drug-likeness (QED) is 0.733. The Morgan fingerprint density at radius 2 is 2.31 bits per heavy atom. The molecule has 0 bridgehead atoms. The normalized spacial score (nSPS) is 13.4. The highest BCUT2D eigenvalue weighted by Crippen LogP contribution is 2.04. The second kappa shape index (κ2) is 4.62. The summed E-state index contributed by atoms with van der Waals surface area (Å²) in [6.45, 7) is 1.98. The molecule has 3 nitrogen and oxygen atoms in total. The van der Waals surface area contributed by atoms with Gasteiger partial charge in [-0.2, -0.15) is 0 Å². The van der Waals surface area contributed by atoms with Gasteiger partial charge in [-0.25, -0.2) is 4.98 Å². The first-order valence-corrected chi connectivity index (χ1v) is 4.32. The number of pyridine rings is 1. The summed E-state index contributed by atoms with van der Waals surface area (Å²) in [6, 6.07) is 3.92. The molecule has 0 unspecified atom stereocenters. The first-order valence-electron chi connectivity index (χ1n) is 4.32. The maximum absolute atomic E-state index is 5.59. The lowest BCUT2D eigenvalue weighted by molar-refractivity contribution is 0.759. The standard InChI is InChI=1S/C10H15N3/c1-8(11)3-2-4-9-5-6-10(12)13-7-9/h2,4-8H,3,11H2,1H3,(H2,12,13)/b4-2+/t8-/m0/s1. The molecule has 4 N–H and O–H groups in total. The summed E-state index contributed by atoms with van der Waals surface area (Å²) in [7, 11) is 0. The Morgan fingerprint density at radius 1 is 1.54 bits per heavy atom. The van der Waals surface area contributed by atoms with Crippen molar-refractivity contribution >= 4 is 11.9 Å². The van der Waals surface area contributed by atoms with Gasteiger partial charge in [0.25, 0.3) is 0 Å². The third-order valence-corrected chi connectivity index (χ3v) is 1.63. The van der Waals surface area contributed by atoms with E-state index in [0.717, 1.165) is 12.0 Å². The molecular weight excluding hydrogens is 162 g/mol. The Hall–Kier alpha value is -1.35. The third kappa shape index (κ3) is 3.71. The molecule has 0 radical (unpaired) electrons. The predicted molar refractivity (Wildman–Crippen MR) is 55.9 cm³/mol. The number of aromatic nitrogens is 1. The van der Waals surface area contributed by atoms with Crippen molar-refractivity contribution in [3.8, 4) is 0 Å². The van der Waals surface area contributed by atoms with E-state index in [1.54, 1.807) is 12.3 Å². The molecular formula is C10H15N3.